The summed E-state index contributed by atoms with van der Waals surface area (Å²) in [6.45, 7) is 4.95. The van der Waals surface area contributed by atoms with Gasteiger partial charge in [0.15, 0.2) is 0 Å². The molecule has 0 aliphatic heterocycles. The SMILES string of the molecule is CC(C)NCCc1ccncc1F. The fraction of sp³-hybridized carbons (Fsp3) is 0.500. The molecule has 0 amide bonds. The van der Waals surface area contributed by atoms with Gasteiger partial charge >= 0.3 is 0 Å². The molecule has 0 aliphatic carbocycles. The van der Waals surface area contributed by atoms with E-state index in [1.807, 2.05) is 0 Å². The maximum atomic E-state index is 13.0. The van der Waals surface area contributed by atoms with Gasteiger partial charge in [0.25, 0.3) is 0 Å². The van der Waals surface area contributed by atoms with Gasteiger partial charge in [-0.15, -0.1) is 0 Å². The summed E-state index contributed by atoms with van der Waals surface area (Å²) in [4.78, 5) is 3.69. The van der Waals surface area contributed by atoms with Gasteiger partial charge in [-0.3, -0.25) is 4.98 Å². The topological polar surface area (TPSA) is 24.9 Å². The van der Waals surface area contributed by atoms with Crippen LogP contribution in [0.4, 0.5) is 4.39 Å². The van der Waals surface area contributed by atoms with Gasteiger partial charge in [0.2, 0.25) is 0 Å². The van der Waals surface area contributed by atoms with Gasteiger partial charge in [0.1, 0.15) is 5.82 Å². The quantitative estimate of drug-likeness (QED) is 0.767. The highest BCUT2D eigenvalue weighted by Crippen LogP contribution is 2.04. The number of pyridine rings is 1. The summed E-state index contributed by atoms with van der Waals surface area (Å²) in [7, 11) is 0. The third kappa shape index (κ3) is 3.51. The molecule has 1 heterocycles. The van der Waals surface area contributed by atoms with Gasteiger partial charge < -0.3 is 5.32 Å². The minimum atomic E-state index is -0.215. The van der Waals surface area contributed by atoms with Crippen LogP contribution < -0.4 is 5.32 Å². The van der Waals surface area contributed by atoms with E-state index in [0.29, 0.717) is 12.5 Å². The number of nitrogens with one attached hydrogen (secondary N) is 1. The van der Waals surface area contributed by atoms with E-state index in [1.165, 1.54) is 6.20 Å². The van der Waals surface area contributed by atoms with Crippen molar-refractivity contribution < 1.29 is 4.39 Å². The third-order valence-electron chi connectivity index (χ3n) is 1.80. The molecule has 0 atom stereocenters. The molecule has 3 heteroatoms. The van der Waals surface area contributed by atoms with Crippen LogP contribution in [0.3, 0.4) is 0 Å². The number of hydrogen-bond acceptors (Lipinski definition) is 2. The van der Waals surface area contributed by atoms with Crippen molar-refractivity contribution in [1.82, 2.24) is 10.3 Å². The molecule has 1 aromatic heterocycles. The Balaban J connectivity index is 2.41. The number of aromatic nitrogens is 1. The molecule has 0 aromatic carbocycles. The normalized spacial score (nSPS) is 10.8. The Hall–Kier alpha value is -0.960. The molecule has 0 unspecified atom stereocenters. The number of nitrogens with zero attached hydrogens (tertiary/aromatic N) is 1. The number of rotatable bonds is 4. The summed E-state index contributed by atoms with van der Waals surface area (Å²) in [5, 5.41) is 3.23. The van der Waals surface area contributed by atoms with Crippen LogP contribution in [-0.4, -0.2) is 17.6 Å². The van der Waals surface area contributed by atoms with E-state index >= 15 is 0 Å². The second-order valence-corrected chi connectivity index (χ2v) is 3.33. The van der Waals surface area contributed by atoms with Crippen LogP contribution in [0.5, 0.6) is 0 Å². The summed E-state index contributed by atoms with van der Waals surface area (Å²) in [5.74, 6) is -0.215. The lowest BCUT2D eigenvalue weighted by Crippen LogP contribution is -2.25. The first-order valence-electron chi connectivity index (χ1n) is 4.52. The summed E-state index contributed by atoms with van der Waals surface area (Å²) < 4.78 is 13.0. The van der Waals surface area contributed by atoms with Gasteiger partial charge in [0.05, 0.1) is 6.20 Å². The first kappa shape index (κ1) is 10.1. The molecule has 0 spiro atoms. The van der Waals surface area contributed by atoms with Gasteiger partial charge in [-0.1, -0.05) is 13.8 Å². The smallest absolute Gasteiger partial charge is 0.144 e. The van der Waals surface area contributed by atoms with Crippen LogP contribution >= 0.6 is 0 Å². The second-order valence-electron chi connectivity index (χ2n) is 3.33. The van der Waals surface area contributed by atoms with Crippen LogP contribution in [0.1, 0.15) is 19.4 Å². The van der Waals surface area contributed by atoms with Gasteiger partial charge in [-0.2, -0.15) is 0 Å². The summed E-state index contributed by atoms with van der Waals surface area (Å²) in [5.41, 5.74) is 0.725. The van der Waals surface area contributed by atoms with Crippen molar-refractivity contribution in [3.05, 3.63) is 29.8 Å². The minimum absolute atomic E-state index is 0.215. The molecule has 1 aromatic rings. The zero-order valence-electron chi connectivity index (χ0n) is 8.05. The average molecular weight is 182 g/mol. The van der Waals surface area contributed by atoms with E-state index < -0.39 is 0 Å². The lowest BCUT2D eigenvalue weighted by molar-refractivity contribution is 0.565. The van der Waals surface area contributed by atoms with Crippen molar-refractivity contribution in [2.75, 3.05) is 6.54 Å². The minimum Gasteiger partial charge on any atom is -0.314 e. The molecule has 0 bridgehead atoms. The Kier molecular flexibility index (Phi) is 3.83. The van der Waals surface area contributed by atoms with Gasteiger partial charge in [-0.25, -0.2) is 4.39 Å². The van der Waals surface area contributed by atoms with Gasteiger partial charge in [0, 0.05) is 12.2 Å². The molecular weight excluding hydrogens is 167 g/mol. The molecule has 1 N–H and O–H groups in total. The van der Waals surface area contributed by atoms with Crippen molar-refractivity contribution in [1.29, 1.82) is 0 Å². The van der Waals surface area contributed by atoms with Crippen molar-refractivity contribution in [3.8, 4) is 0 Å². The second kappa shape index (κ2) is 4.92. The molecule has 13 heavy (non-hydrogen) atoms. The highest BCUT2D eigenvalue weighted by Gasteiger charge is 2.00. The van der Waals surface area contributed by atoms with Crippen LogP contribution in [0.15, 0.2) is 18.5 Å². The largest absolute Gasteiger partial charge is 0.314 e. The summed E-state index contributed by atoms with van der Waals surface area (Å²) in [6, 6.07) is 2.17. The standard InChI is InChI=1S/C10H15FN2/c1-8(2)13-6-4-9-3-5-12-7-10(9)11/h3,5,7-8,13H,4,6H2,1-2H3. The van der Waals surface area contributed by atoms with E-state index in [1.54, 1.807) is 12.3 Å². The Bertz CT molecular complexity index is 261. The average Bonchev–Trinajstić information content (AvgIpc) is 2.08. The molecule has 0 saturated carbocycles. The number of halogens is 1. The zero-order chi connectivity index (χ0) is 9.68. The zero-order valence-corrected chi connectivity index (χ0v) is 8.05. The predicted octanol–water partition coefficient (Wildman–Crippen LogP) is 1.76. The van der Waals surface area contributed by atoms with Gasteiger partial charge in [-0.05, 0) is 24.6 Å². The lowest BCUT2D eigenvalue weighted by Gasteiger charge is -2.07. The van der Waals surface area contributed by atoms with Crippen LogP contribution in [0.25, 0.3) is 0 Å². The highest BCUT2D eigenvalue weighted by atomic mass is 19.1. The molecule has 72 valence electrons. The molecule has 2 nitrogen and oxygen atoms in total. The fourth-order valence-corrected chi connectivity index (χ4v) is 1.10. The van der Waals surface area contributed by atoms with E-state index in [9.17, 15) is 4.39 Å². The third-order valence-corrected chi connectivity index (χ3v) is 1.80. The fourth-order valence-electron chi connectivity index (χ4n) is 1.10. The monoisotopic (exact) mass is 182 g/mol. The first-order chi connectivity index (χ1) is 6.20. The molecule has 1 rings (SSSR count). The van der Waals surface area contributed by atoms with Crippen LogP contribution in [0, 0.1) is 5.82 Å². The van der Waals surface area contributed by atoms with E-state index in [0.717, 1.165) is 12.1 Å². The Labute approximate surface area is 78.2 Å². The maximum Gasteiger partial charge on any atom is 0.144 e. The van der Waals surface area contributed by atoms with Crippen molar-refractivity contribution in [3.63, 3.8) is 0 Å². The highest BCUT2D eigenvalue weighted by molar-refractivity contribution is 5.12. The van der Waals surface area contributed by atoms with E-state index in [-0.39, 0.29) is 5.82 Å². The van der Waals surface area contributed by atoms with Crippen molar-refractivity contribution >= 4 is 0 Å². The molecule has 0 aliphatic rings. The first-order valence-corrected chi connectivity index (χ1v) is 4.52. The lowest BCUT2D eigenvalue weighted by atomic mass is 10.2. The molecule has 0 fully saturated rings. The predicted molar refractivity (Wildman–Crippen MR) is 51.0 cm³/mol. The van der Waals surface area contributed by atoms with E-state index in [4.69, 9.17) is 0 Å². The molecular formula is C10H15FN2. The molecule has 0 saturated heterocycles. The Morgan fingerprint density at radius 3 is 2.92 bits per heavy atom. The maximum absolute atomic E-state index is 13.0. The Morgan fingerprint density at radius 2 is 2.31 bits per heavy atom. The van der Waals surface area contributed by atoms with Crippen LogP contribution in [-0.2, 0) is 6.42 Å². The van der Waals surface area contributed by atoms with E-state index in [2.05, 4.69) is 24.1 Å². The molecule has 0 radical (unpaired) electrons. The number of hydrogen-bond donors (Lipinski definition) is 1. The Morgan fingerprint density at radius 1 is 1.54 bits per heavy atom. The van der Waals surface area contributed by atoms with Crippen LogP contribution in [0.2, 0.25) is 0 Å². The van der Waals surface area contributed by atoms with Crippen molar-refractivity contribution in [2.45, 2.75) is 26.3 Å². The summed E-state index contributed by atoms with van der Waals surface area (Å²) in [6.07, 6.45) is 3.59. The van der Waals surface area contributed by atoms with Crippen molar-refractivity contribution in [2.24, 2.45) is 0 Å². The summed E-state index contributed by atoms with van der Waals surface area (Å²) >= 11 is 0.